The Bertz CT molecular complexity index is 1500. The van der Waals surface area contributed by atoms with Gasteiger partial charge in [-0.2, -0.15) is 0 Å². The lowest BCUT2D eigenvalue weighted by molar-refractivity contribution is 0.0935. The van der Waals surface area contributed by atoms with Crippen molar-refractivity contribution in [3.63, 3.8) is 0 Å². The fraction of sp³-hybridized carbons (Fsp3) is 0.333. The molecule has 3 aromatic carbocycles. The molecule has 2 aliphatic rings. The molecule has 3 aromatic rings. The van der Waals surface area contributed by atoms with Gasteiger partial charge >= 0.3 is 0 Å². The molecule has 0 saturated carbocycles. The first kappa shape index (κ1) is 27.1. The highest BCUT2D eigenvalue weighted by Crippen LogP contribution is 2.38. The smallest absolute Gasteiger partial charge is 0.259 e. The summed E-state index contributed by atoms with van der Waals surface area (Å²) in [5.74, 6) is -0.717. The summed E-state index contributed by atoms with van der Waals surface area (Å²) in [7, 11) is -3.99. The average molecular weight is 547 g/mol. The van der Waals surface area contributed by atoms with E-state index in [0.29, 0.717) is 12.1 Å². The number of nitrogens with one attached hydrogen (secondary N) is 1. The second kappa shape index (κ2) is 11.3. The summed E-state index contributed by atoms with van der Waals surface area (Å²) in [6.45, 7) is 10.6. The Morgan fingerprint density at radius 1 is 0.897 bits per heavy atom. The van der Waals surface area contributed by atoms with E-state index in [1.165, 1.54) is 35.2 Å². The van der Waals surface area contributed by atoms with E-state index in [2.05, 4.69) is 22.0 Å². The maximum atomic E-state index is 13.8. The maximum Gasteiger partial charge on any atom is 0.259 e. The van der Waals surface area contributed by atoms with E-state index in [0.717, 1.165) is 50.4 Å². The first-order valence-corrected chi connectivity index (χ1v) is 14.8. The van der Waals surface area contributed by atoms with Gasteiger partial charge in [-0.3, -0.25) is 14.5 Å². The molecule has 0 aliphatic carbocycles. The summed E-state index contributed by atoms with van der Waals surface area (Å²) < 4.78 is 27.4. The van der Waals surface area contributed by atoms with Crippen molar-refractivity contribution >= 4 is 27.3 Å². The normalized spacial score (nSPS) is 17.3. The zero-order valence-electron chi connectivity index (χ0n) is 22.4. The van der Waals surface area contributed by atoms with Crippen molar-refractivity contribution in [2.24, 2.45) is 0 Å². The third-order valence-electron chi connectivity index (χ3n) is 7.50. The van der Waals surface area contributed by atoms with Crippen LogP contribution in [0.15, 0.2) is 76.5 Å². The molecule has 0 radical (unpaired) electrons. The van der Waals surface area contributed by atoms with Gasteiger partial charge in [-0.1, -0.05) is 48.9 Å². The van der Waals surface area contributed by atoms with Crippen LogP contribution in [0.2, 0.25) is 0 Å². The lowest BCUT2D eigenvalue weighted by Crippen LogP contribution is -2.48. The van der Waals surface area contributed by atoms with Crippen LogP contribution in [0, 0.1) is 6.92 Å². The molecule has 9 heteroatoms. The molecule has 1 fully saturated rings. The molecule has 0 aromatic heterocycles. The lowest BCUT2D eigenvalue weighted by atomic mass is 10.1. The number of nitrogens with zero attached hydrogens (tertiary/aromatic N) is 3. The Hall–Kier alpha value is -3.53. The SMILES string of the molecule is CCN1CCN(CCNC(=O)c2ccc3c(c2)N(Cc2cccc(C)c2)C(=O)c2ccccc2S3(=O)=O)CC1. The molecule has 0 atom stereocenters. The van der Waals surface area contributed by atoms with E-state index in [-0.39, 0.29) is 33.5 Å². The highest BCUT2D eigenvalue weighted by atomic mass is 32.2. The third-order valence-corrected chi connectivity index (χ3v) is 9.36. The van der Waals surface area contributed by atoms with E-state index in [1.807, 2.05) is 31.2 Å². The largest absolute Gasteiger partial charge is 0.351 e. The molecule has 1 saturated heterocycles. The number of anilines is 1. The van der Waals surface area contributed by atoms with Gasteiger partial charge in [0.2, 0.25) is 9.84 Å². The minimum Gasteiger partial charge on any atom is -0.351 e. The number of sulfone groups is 1. The van der Waals surface area contributed by atoms with E-state index in [4.69, 9.17) is 0 Å². The van der Waals surface area contributed by atoms with Gasteiger partial charge in [0.1, 0.15) is 0 Å². The van der Waals surface area contributed by atoms with Crippen molar-refractivity contribution in [1.29, 1.82) is 0 Å². The van der Waals surface area contributed by atoms with Gasteiger partial charge in [0, 0.05) is 44.8 Å². The molecular formula is C30H34N4O4S. The first-order valence-electron chi connectivity index (χ1n) is 13.4. The summed E-state index contributed by atoms with van der Waals surface area (Å²) in [5.41, 5.74) is 2.54. The lowest BCUT2D eigenvalue weighted by Gasteiger charge is -2.33. The predicted octanol–water partition coefficient (Wildman–Crippen LogP) is 3.36. The van der Waals surface area contributed by atoms with E-state index < -0.39 is 15.7 Å². The van der Waals surface area contributed by atoms with Crippen molar-refractivity contribution in [1.82, 2.24) is 15.1 Å². The van der Waals surface area contributed by atoms with Crippen LogP contribution in [0.1, 0.15) is 38.8 Å². The molecule has 39 heavy (non-hydrogen) atoms. The van der Waals surface area contributed by atoms with Crippen molar-refractivity contribution in [2.45, 2.75) is 30.2 Å². The van der Waals surface area contributed by atoms with Gasteiger partial charge in [0.15, 0.2) is 0 Å². The highest BCUT2D eigenvalue weighted by molar-refractivity contribution is 7.91. The molecule has 5 rings (SSSR count). The third kappa shape index (κ3) is 5.61. The summed E-state index contributed by atoms with van der Waals surface area (Å²) >= 11 is 0. The second-order valence-electron chi connectivity index (χ2n) is 10.1. The Labute approximate surface area is 230 Å². The van der Waals surface area contributed by atoms with Gasteiger partial charge in [0.05, 0.1) is 27.6 Å². The number of rotatable bonds is 7. The van der Waals surface area contributed by atoms with Crippen LogP contribution >= 0.6 is 0 Å². The summed E-state index contributed by atoms with van der Waals surface area (Å²) in [6, 6.07) is 18.5. The van der Waals surface area contributed by atoms with Gasteiger partial charge in [-0.15, -0.1) is 0 Å². The minimum atomic E-state index is -3.99. The number of hydrogen-bond donors (Lipinski definition) is 1. The van der Waals surface area contributed by atoms with E-state index in [1.54, 1.807) is 12.1 Å². The topological polar surface area (TPSA) is 90.0 Å². The molecule has 0 unspecified atom stereocenters. The Balaban J connectivity index is 1.44. The summed E-state index contributed by atoms with van der Waals surface area (Å²) in [6.07, 6.45) is 0. The zero-order valence-corrected chi connectivity index (χ0v) is 23.2. The number of likely N-dealkylation sites (N-methyl/N-ethyl adjacent to an activating group) is 1. The number of hydrogen-bond acceptors (Lipinski definition) is 6. The number of piperazine rings is 1. The number of fused-ring (bicyclic) bond motifs is 2. The number of aryl methyl sites for hydroxylation is 1. The summed E-state index contributed by atoms with van der Waals surface area (Å²) in [4.78, 5) is 33.1. The number of benzene rings is 3. The van der Waals surface area contributed by atoms with Gasteiger partial charge in [0.25, 0.3) is 11.8 Å². The number of carbonyl (C=O) groups excluding carboxylic acids is 2. The van der Waals surface area contributed by atoms with Gasteiger partial charge < -0.3 is 15.1 Å². The Kier molecular flexibility index (Phi) is 7.83. The predicted molar refractivity (Wildman–Crippen MR) is 151 cm³/mol. The zero-order chi connectivity index (χ0) is 27.6. The number of carbonyl (C=O) groups is 2. The standard InChI is InChI=1S/C30H34N4O4S/c1-3-32-15-17-33(18-16-32)14-13-31-29(35)24-11-12-28-26(20-24)34(21-23-8-6-7-22(2)19-23)30(36)25-9-4-5-10-27(25)39(28,37)38/h4-12,19-20H,3,13-18,21H2,1-2H3,(H,31,35). The van der Waals surface area contributed by atoms with Crippen molar-refractivity contribution in [3.05, 3.63) is 89.0 Å². The molecule has 2 amide bonds. The molecule has 8 nitrogen and oxygen atoms in total. The monoisotopic (exact) mass is 546 g/mol. The van der Waals surface area contributed by atoms with Crippen molar-refractivity contribution < 1.29 is 18.0 Å². The van der Waals surface area contributed by atoms with Gasteiger partial charge in [-0.25, -0.2) is 8.42 Å². The molecular weight excluding hydrogens is 512 g/mol. The van der Waals surface area contributed by atoms with E-state index in [9.17, 15) is 18.0 Å². The fourth-order valence-electron chi connectivity index (χ4n) is 5.26. The van der Waals surface area contributed by atoms with Crippen molar-refractivity contribution in [3.8, 4) is 0 Å². The quantitative estimate of drug-likeness (QED) is 0.489. The van der Waals surface area contributed by atoms with Crippen LogP contribution < -0.4 is 10.2 Å². The molecule has 1 N–H and O–H groups in total. The van der Waals surface area contributed by atoms with Crippen LogP contribution in [0.4, 0.5) is 5.69 Å². The van der Waals surface area contributed by atoms with Crippen LogP contribution in [0.3, 0.4) is 0 Å². The van der Waals surface area contributed by atoms with E-state index >= 15 is 0 Å². The fourth-order valence-corrected chi connectivity index (χ4v) is 6.89. The highest BCUT2D eigenvalue weighted by Gasteiger charge is 2.36. The molecule has 0 bridgehead atoms. The van der Waals surface area contributed by atoms with Gasteiger partial charge in [-0.05, 0) is 49.4 Å². The maximum absolute atomic E-state index is 13.8. The second-order valence-corrected chi connectivity index (χ2v) is 12.0. The Morgan fingerprint density at radius 3 is 2.38 bits per heavy atom. The van der Waals surface area contributed by atoms with Crippen LogP contribution in [0.25, 0.3) is 0 Å². The first-order chi connectivity index (χ1) is 18.8. The minimum absolute atomic E-state index is 0.0128. The molecule has 2 heterocycles. The molecule has 0 spiro atoms. The number of amides is 2. The molecule has 2 aliphatic heterocycles. The van der Waals surface area contributed by atoms with Crippen LogP contribution in [-0.2, 0) is 16.4 Å². The molecule has 204 valence electrons. The average Bonchev–Trinajstić information content (AvgIpc) is 3.01. The van der Waals surface area contributed by atoms with Crippen LogP contribution in [0.5, 0.6) is 0 Å². The Morgan fingerprint density at radius 2 is 1.64 bits per heavy atom. The van der Waals surface area contributed by atoms with Crippen molar-refractivity contribution in [2.75, 3.05) is 50.7 Å². The van der Waals surface area contributed by atoms with Crippen LogP contribution in [-0.4, -0.2) is 75.8 Å². The summed E-state index contributed by atoms with van der Waals surface area (Å²) in [5, 5.41) is 2.97.